The van der Waals surface area contributed by atoms with E-state index in [1.165, 1.54) is 24.1 Å². The first-order chi connectivity index (χ1) is 13.3. The molecule has 1 aliphatic rings. The molecule has 0 aliphatic carbocycles. The molecule has 1 aromatic carbocycles. The molecule has 3 N–H and O–H groups in total. The number of carbonyl (C=O) groups excluding carboxylic acids is 1. The van der Waals surface area contributed by atoms with Crippen LogP contribution in [0, 0.1) is 19.7 Å². The molecule has 2 aromatic rings. The second kappa shape index (κ2) is 8.28. The summed E-state index contributed by atoms with van der Waals surface area (Å²) in [7, 11) is 1.51. The molecule has 1 fully saturated rings. The number of methoxy groups -OCH3 is 1. The number of halogens is 1. The maximum Gasteiger partial charge on any atom is 0.256 e. The molecular formula is C20H27FN4O3. The zero-order valence-corrected chi connectivity index (χ0v) is 16.5. The Morgan fingerprint density at radius 3 is 2.89 bits per heavy atom. The quantitative estimate of drug-likeness (QED) is 0.671. The average molecular weight is 390 g/mol. The molecule has 1 aliphatic heterocycles. The number of likely N-dealkylation sites (tertiary alicyclic amines) is 1. The number of benzene rings is 1. The lowest BCUT2D eigenvalue weighted by Crippen LogP contribution is -2.57. The number of ether oxygens (including phenoxy) is 1. The van der Waals surface area contributed by atoms with Gasteiger partial charge in [-0.3, -0.25) is 9.89 Å². The highest BCUT2D eigenvalue weighted by molar-refractivity contribution is 5.86. The highest BCUT2D eigenvalue weighted by Crippen LogP contribution is 2.26. The third-order valence-corrected chi connectivity index (χ3v) is 5.32. The van der Waals surface area contributed by atoms with E-state index in [-0.39, 0.29) is 19.0 Å². The number of aromatic nitrogens is 2. The van der Waals surface area contributed by atoms with Gasteiger partial charge < -0.3 is 20.1 Å². The third kappa shape index (κ3) is 4.18. The van der Waals surface area contributed by atoms with E-state index in [4.69, 9.17) is 4.74 Å². The van der Waals surface area contributed by atoms with Crippen molar-refractivity contribution < 1.29 is 19.0 Å². The molecule has 0 radical (unpaired) electrons. The van der Waals surface area contributed by atoms with Crippen molar-refractivity contribution in [3.05, 3.63) is 46.5 Å². The molecule has 8 heteroatoms. The Balaban J connectivity index is 1.65. The lowest BCUT2D eigenvalue weighted by Gasteiger charge is -2.38. The van der Waals surface area contributed by atoms with Crippen LogP contribution in [0.3, 0.4) is 0 Å². The highest BCUT2D eigenvalue weighted by atomic mass is 19.1. The number of rotatable bonds is 7. The summed E-state index contributed by atoms with van der Waals surface area (Å²) in [6, 6.07) is 4.45. The van der Waals surface area contributed by atoms with Gasteiger partial charge in [-0.05, 0) is 44.9 Å². The first-order valence-electron chi connectivity index (χ1n) is 9.39. The number of carbonyl (C=O) groups is 1. The van der Waals surface area contributed by atoms with Gasteiger partial charge in [0, 0.05) is 43.0 Å². The van der Waals surface area contributed by atoms with Crippen molar-refractivity contribution in [1.82, 2.24) is 20.4 Å². The number of aryl methyl sites for hydroxylation is 2. The molecule has 0 saturated carbocycles. The highest BCUT2D eigenvalue weighted by Gasteiger charge is 2.42. The normalized spacial score (nSPS) is 19.9. The number of aromatic amines is 1. The summed E-state index contributed by atoms with van der Waals surface area (Å²) in [5.41, 5.74) is 1.75. The van der Waals surface area contributed by atoms with Gasteiger partial charge in [-0.2, -0.15) is 5.10 Å². The number of nitrogens with zero attached hydrogens (tertiary/aromatic N) is 2. The molecule has 0 spiro atoms. The summed E-state index contributed by atoms with van der Waals surface area (Å²) < 4.78 is 19.3. The van der Waals surface area contributed by atoms with Crippen LogP contribution in [0.15, 0.2) is 18.2 Å². The minimum Gasteiger partial charge on any atom is -0.497 e. The molecule has 2 heterocycles. The Hall–Kier alpha value is -2.45. The Morgan fingerprint density at radius 2 is 2.21 bits per heavy atom. The van der Waals surface area contributed by atoms with E-state index < -0.39 is 11.4 Å². The van der Waals surface area contributed by atoms with Crippen LogP contribution < -0.4 is 10.1 Å². The van der Waals surface area contributed by atoms with Crippen molar-refractivity contribution in [2.75, 3.05) is 20.2 Å². The number of H-pyrrole nitrogens is 1. The van der Waals surface area contributed by atoms with Crippen LogP contribution in [-0.4, -0.2) is 51.9 Å². The van der Waals surface area contributed by atoms with Crippen molar-refractivity contribution in [1.29, 1.82) is 0 Å². The van der Waals surface area contributed by atoms with Gasteiger partial charge in [-0.15, -0.1) is 0 Å². The Bertz CT molecular complexity index is 834. The molecule has 3 rings (SSSR count). The van der Waals surface area contributed by atoms with E-state index in [1.807, 2.05) is 13.8 Å². The zero-order valence-electron chi connectivity index (χ0n) is 16.5. The third-order valence-electron chi connectivity index (χ3n) is 5.32. The molecule has 1 aromatic heterocycles. The topological polar surface area (TPSA) is 90.5 Å². The SMILES string of the molecule is COc1ccc(F)c(CN2CCCC(O)(CNCc3c(C)n[nH]c3C)C2=O)c1. The standard InChI is InChI=1S/C20H27FN4O3/c1-13-17(14(2)24-23-13)10-22-12-20(27)7-4-8-25(19(20)26)11-15-9-16(28-3)5-6-18(15)21/h5-6,9,22,27H,4,7-8,10-12H2,1-3H3,(H,23,24). The number of amides is 1. The minimum atomic E-state index is -1.50. The van der Waals surface area contributed by atoms with Gasteiger partial charge in [0.15, 0.2) is 5.60 Å². The lowest BCUT2D eigenvalue weighted by molar-refractivity contribution is -0.157. The van der Waals surface area contributed by atoms with Crippen LogP contribution in [0.5, 0.6) is 5.75 Å². The first kappa shape index (κ1) is 20.3. The van der Waals surface area contributed by atoms with Crippen molar-refractivity contribution in [3.63, 3.8) is 0 Å². The number of piperidine rings is 1. The van der Waals surface area contributed by atoms with Gasteiger partial charge in [0.2, 0.25) is 0 Å². The number of hydrogen-bond donors (Lipinski definition) is 3. The second-order valence-electron chi connectivity index (χ2n) is 7.34. The molecule has 7 nitrogen and oxygen atoms in total. The second-order valence-corrected chi connectivity index (χ2v) is 7.34. The Morgan fingerprint density at radius 1 is 1.43 bits per heavy atom. The van der Waals surface area contributed by atoms with Crippen molar-refractivity contribution >= 4 is 5.91 Å². The lowest BCUT2D eigenvalue weighted by atomic mass is 9.91. The summed E-state index contributed by atoms with van der Waals surface area (Å²) in [6.07, 6.45) is 1.03. The molecule has 1 saturated heterocycles. The summed E-state index contributed by atoms with van der Waals surface area (Å²) >= 11 is 0. The fourth-order valence-corrected chi connectivity index (χ4v) is 3.61. The van der Waals surface area contributed by atoms with Crippen molar-refractivity contribution in [2.45, 2.75) is 45.4 Å². The molecule has 1 unspecified atom stereocenters. The maximum absolute atomic E-state index is 14.1. The first-order valence-corrected chi connectivity index (χ1v) is 9.39. The van der Waals surface area contributed by atoms with E-state index in [9.17, 15) is 14.3 Å². The Kier molecular flexibility index (Phi) is 6.00. The predicted molar refractivity (Wildman–Crippen MR) is 102 cm³/mol. The van der Waals surface area contributed by atoms with Gasteiger partial charge in [0.05, 0.1) is 12.8 Å². The number of nitrogens with one attached hydrogen (secondary N) is 2. The molecular weight excluding hydrogens is 363 g/mol. The van der Waals surface area contributed by atoms with Crippen LogP contribution in [0.25, 0.3) is 0 Å². The van der Waals surface area contributed by atoms with Gasteiger partial charge >= 0.3 is 0 Å². The van der Waals surface area contributed by atoms with E-state index in [1.54, 1.807) is 6.07 Å². The van der Waals surface area contributed by atoms with E-state index in [0.717, 1.165) is 17.0 Å². The molecule has 1 amide bonds. The number of aliphatic hydroxyl groups is 1. The van der Waals surface area contributed by atoms with E-state index >= 15 is 0 Å². The van der Waals surface area contributed by atoms with Gasteiger partial charge in [-0.25, -0.2) is 4.39 Å². The van der Waals surface area contributed by atoms with Crippen LogP contribution in [0.4, 0.5) is 4.39 Å². The smallest absolute Gasteiger partial charge is 0.256 e. The molecule has 0 bridgehead atoms. The van der Waals surface area contributed by atoms with E-state index in [2.05, 4.69) is 15.5 Å². The largest absolute Gasteiger partial charge is 0.497 e. The van der Waals surface area contributed by atoms with Crippen molar-refractivity contribution in [3.8, 4) is 5.75 Å². The average Bonchev–Trinajstić information content (AvgIpc) is 2.99. The fraction of sp³-hybridized carbons (Fsp3) is 0.500. The van der Waals surface area contributed by atoms with Crippen LogP contribution in [0.1, 0.15) is 35.4 Å². The van der Waals surface area contributed by atoms with E-state index in [0.29, 0.717) is 37.2 Å². The monoisotopic (exact) mass is 390 g/mol. The molecule has 152 valence electrons. The summed E-state index contributed by atoms with van der Waals surface area (Å²) in [5, 5.41) is 21.2. The van der Waals surface area contributed by atoms with Crippen LogP contribution >= 0.6 is 0 Å². The van der Waals surface area contributed by atoms with Gasteiger partial charge in [0.25, 0.3) is 5.91 Å². The number of hydrogen-bond acceptors (Lipinski definition) is 5. The Labute approximate surface area is 163 Å². The molecule has 28 heavy (non-hydrogen) atoms. The van der Waals surface area contributed by atoms with Gasteiger partial charge in [0.1, 0.15) is 11.6 Å². The fourth-order valence-electron chi connectivity index (χ4n) is 3.61. The van der Waals surface area contributed by atoms with Crippen molar-refractivity contribution in [2.24, 2.45) is 0 Å². The molecule has 1 atom stereocenters. The van der Waals surface area contributed by atoms with Crippen LogP contribution in [0.2, 0.25) is 0 Å². The van der Waals surface area contributed by atoms with Gasteiger partial charge in [-0.1, -0.05) is 0 Å². The summed E-state index contributed by atoms with van der Waals surface area (Å²) in [5.74, 6) is -0.246. The maximum atomic E-state index is 14.1. The summed E-state index contributed by atoms with van der Waals surface area (Å²) in [6.45, 7) is 5.07. The summed E-state index contributed by atoms with van der Waals surface area (Å²) in [4.78, 5) is 14.4. The predicted octanol–water partition coefficient (Wildman–Crippen LogP) is 1.82. The minimum absolute atomic E-state index is 0.101. The van der Waals surface area contributed by atoms with Crippen LogP contribution in [-0.2, 0) is 17.9 Å². The zero-order chi connectivity index (χ0) is 20.3.